The van der Waals surface area contributed by atoms with Crippen LogP contribution in [0.15, 0.2) is 0 Å². The van der Waals surface area contributed by atoms with Crippen LogP contribution in [0.1, 0.15) is 25.7 Å². The Morgan fingerprint density at radius 3 is 2.11 bits per heavy atom. The van der Waals surface area contributed by atoms with Gasteiger partial charge in [0.05, 0.1) is 19.3 Å². The van der Waals surface area contributed by atoms with Gasteiger partial charge in [0.1, 0.15) is 0 Å². The van der Waals surface area contributed by atoms with Gasteiger partial charge in [-0.25, -0.2) is 0 Å². The van der Waals surface area contributed by atoms with Gasteiger partial charge in [-0.3, -0.25) is 14.4 Å². The van der Waals surface area contributed by atoms with Gasteiger partial charge in [0.15, 0.2) is 0 Å². The molecule has 0 aromatic carbocycles. The highest BCUT2D eigenvalue weighted by Crippen LogP contribution is 2.09. The molecule has 1 aliphatic rings. The SMILES string of the molecule is O=C([O-])CCC(=O)ON1OC(=O)CCC(=O)O1.[NH4+]. The van der Waals surface area contributed by atoms with Crippen LogP contribution >= 0.6 is 0 Å². The van der Waals surface area contributed by atoms with Crippen molar-refractivity contribution in [3.05, 3.63) is 0 Å². The quantitative estimate of drug-likeness (QED) is 0.628. The molecule has 0 aromatic heterocycles. The van der Waals surface area contributed by atoms with Crippen LogP contribution in [-0.4, -0.2) is 29.3 Å². The molecule has 0 radical (unpaired) electrons. The van der Waals surface area contributed by atoms with E-state index < -0.39 is 36.7 Å². The Kier molecular flexibility index (Phi) is 6.31. The summed E-state index contributed by atoms with van der Waals surface area (Å²) in [6, 6.07) is 0. The predicted octanol–water partition coefficient (Wildman–Crippen LogP) is -1.64. The lowest BCUT2D eigenvalue weighted by molar-refractivity contribution is -0.461. The zero-order valence-electron chi connectivity index (χ0n) is 9.54. The highest BCUT2D eigenvalue weighted by Gasteiger charge is 2.26. The van der Waals surface area contributed by atoms with E-state index in [4.69, 9.17) is 0 Å². The van der Waals surface area contributed by atoms with Gasteiger partial charge in [-0.05, 0) is 6.42 Å². The molecule has 0 atom stereocenters. The van der Waals surface area contributed by atoms with Gasteiger partial charge in [0.2, 0.25) is 5.39 Å². The summed E-state index contributed by atoms with van der Waals surface area (Å²) in [7, 11) is 0. The lowest BCUT2D eigenvalue weighted by atomic mass is 10.3. The van der Waals surface area contributed by atoms with Gasteiger partial charge in [0.25, 0.3) is 0 Å². The lowest BCUT2D eigenvalue weighted by Crippen LogP contribution is -2.31. The van der Waals surface area contributed by atoms with Crippen LogP contribution in [0.4, 0.5) is 0 Å². The molecular weight excluding hydrogens is 252 g/mol. The number of carboxylic acids is 1. The first-order chi connectivity index (χ1) is 7.97. The van der Waals surface area contributed by atoms with E-state index in [2.05, 4.69) is 14.5 Å². The van der Waals surface area contributed by atoms with E-state index in [1.807, 2.05) is 0 Å². The number of carboxylic acid groups (broad SMARTS) is 1. The summed E-state index contributed by atoms with van der Waals surface area (Å²) in [5.41, 5.74) is 0. The van der Waals surface area contributed by atoms with Crippen LogP contribution < -0.4 is 11.3 Å². The number of rotatable bonds is 4. The van der Waals surface area contributed by atoms with Crippen LogP contribution in [0.3, 0.4) is 0 Å². The zero-order valence-corrected chi connectivity index (χ0v) is 9.54. The monoisotopic (exact) mass is 264 g/mol. The second-order valence-electron chi connectivity index (χ2n) is 2.99. The van der Waals surface area contributed by atoms with Gasteiger partial charge in [-0.1, -0.05) is 0 Å². The number of aliphatic carboxylic acids is 1. The van der Waals surface area contributed by atoms with Crippen molar-refractivity contribution in [2.75, 3.05) is 0 Å². The summed E-state index contributed by atoms with van der Waals surface area (Å²) in [5.74, 6) is -4.12. The second-order valence-corrected chi connectivity index (χ2v) is 2.99. The molecule has 0 aromatic rings. The Morgan fingerprint density at radius 1 is 1.17 bits per heavy atom. The van der Waals surface area contributed by atoms with Crippen LogP contribution in [0.2, 0.25) is 0 Å². The van der Waals surface area contributed by atoms with E-state index in [1.54, 1.807) is 0 Å². The minimum atomic E-state index is -1.44. The number of hydrogen-bond acceptors (Lipinski definition) is 9. The van der Waals surface area contributed by atoms with E-state index in [1.165, 1.54) is 0 Å². The Labute approximate surface area is 101 Å². The number of hydrogen-bond donors (Lipinski definition) is 1. The first kappa shape index (κ1) is 15.8. The summed E-state index contributed by atoms with van der Waals surface area (Å²) in [4.78, 5) is 55.7. The third-order valence-electron chi connectivity index (χ3n) is 1.60. The maximum Gasteiger partial charge on any atom is 0.333 e. The minimum absolute atomic E-state index is 0. The van der Waals surface area contributed by atoms with Crippen LogP contribution in [-0.2, 0) is 33.7 Å². The summed E-state index contributed by atoms with van der Waals surface area (Å²) in [6.07, 6.45) is -1.47. The first-order valence-electron chi connectivity index (χ1n) is 4.59. The molecule has 0 bridgehead atoms. The molecule has 0 unspecified atom stereocenters. The van der Waals surface area contributed by atoms with E-state index in [-0.39, 0.29) is 24.4 Å². The standard InChI is InChI=1S/C8H9NO8.H3N/c10-5(11)1-2-6(12)15-9-16-7(13)3-4-8(14)17-9;/h1-4H2,(H,10,11);1H3. The molecule has 0 aliphatic carbocycles. The van der Waals surface area contributed by atoms with E-state index in [0.717, 1.165) is 0 Å². The fourth-order valence-corrected chi connectivity index (χ4v) is 0.850. The Morgan fingerprint density at radius 2 is 1.67 bits per heavy atom. The van der Waals surface area contributed by atoms with Crippen LogP contribution in [0.25, 0.3) is 0 Å². The summed E-state index contributed by atoms with van der Waals surface area (Å²) in [5, 5.41) is 10.0. The van der Waals surface area contributed by atoms with Crippen molar-refractivity contribution in [1.82, 2.24) is 11.5 Å². The average molecular weight is 264 g/mol. The van der Waals surface area contributed by atoms with Crippen molar-refractivity contribution in [2.24, 2.45) is 0 Å². The summed E-state index contributed by atoms with van der Waals surface area (Å²) >= 11 is 0. The van der Waals surface area contributed by atoms with Crippen molar-refractivity contribution >= 4 is 23.9 Å². The Bertz CT molecular complexity index is 337. The zero-order chi connectivity index (χ0) is 12.8. The first-order valence-corrected chi connectivity index (χ1v) is 4.59. The predicted molar refractivity (Wildman–Crippen MR) is 49.6 cm³/mol. The Hall–Kier alpha value is -2.20. The normalized spacial score (nSPS) is 15.8. The van der Waals surface area contributed by atoms with Crippen molar-refractivity contribution in [1.29, 1.82) is 0 Å². The fourth-order valence-electron chi connectivity index (χ4n) is 0.850. The smallest absolute Gasteiger partial charge is 0.333 e. The Balaban J connectivity index is 0.00000289. The molecule has 1 rings (SSSR count). The van der Waals surface area contributed by atoms with Crippen LogP contribution in [0, 0.1) is 0 Å². The highest BCUT2D eigenvalue weighted by atomic mass is 17.2. The number of quaternary nitrogens is 1. The fraction of sp³-hybridized carbons (Fsp3) is 0.500. The molecule has 1 fully saturated rings. The molecule has 10 heteroatoms. The van der Waals surface area contributed by atoms with Crippen LogP contribution in [0.5, 0.6) is 0 Å². The molecule has 0 saturated carbocycles. The lowest BCUT2D eigenvalue weighted by Gasteiger charge is -2.14. The third-order valence-corrected chi connectivity index (χ3v) is 1.60. The minimum Gasteiger partial charge on any atom is -0.550 e. The van der Waals surface area contributed by atoms with E-state index in [0.29, 0.717) is 0 Å². The van der Waals surface area contributed by atoms with Crippen molar-refractivity contribution in [2.45, 2.75) is 25.7 Å². The summed E-state index contributed by atoms with van der Waals surface area (Å²) in [6.45, 7) is 0. The number of nitrogens with zero attached hydrogens (tertiary/aromatic N) is 1. The maximum atomic E-state index is 11.0. The summed E-state index contributed by atoms with van der Waals surface area (Å²) < 4.78 is 0. The highest BCUT2D eigenvalue weighted by molar-refractivity contribution is 5.79. The molecule has 10 nitrogen and oxygen atoms in total. The van der Waals surface area contributed by atoms with Gasteiger partial charge < -0.3 is 30.6 Å². The third kappa shape index (κ3) is 5.77. The molecule has 0 amide bonds. The molecule has 1 heterocycles. The maximum absolute atomic E-state index is 11.0. The number of carbonyl (C=O) groups excluding carboxylic acids is 4. The molecule has 18 heavy (non-hydrogen) atoms. The van der Waals surface area contributed by atoms with Crippen molar-refractivity contribution in [3.8, 4) is 0 Å². The van der Waals surface area contributed by atoms with Gasteiger partial charge in [-0.15, -0.1) is 0 Å². The molecule has 1 saturated heterocycles. The molecule has 1 aliphatic heterocycles. The second kappa shape index (κ2) is 7.19. The van der Waals surface area contributed by atoms with Gasteiger partial charge in [-0.2, -0.15) is 0 Å². The van der Waals surface area contributed by atoms with Crippen molar-refractivity contribution < 1.29 is 38.8 Å². The molecule has 4 N–H and O–H groups in total. The van der Waals surface area contributed by atoms with Gasteiger partial charge >= 0.3 is 17.9 Å². The van der Waals surface area contributed by atoms with Crippen molar-refractivity contribution in [3.63, 3.8) is 0 Å². The average Bonchev–Trinajstić information content (AvgIpc) is 2.37. The molecule has 0 spiro atoms. The molecule has 102 valence electrons. The van der Waals surface area contributed by atoms with E-state index >= 15 is 0 Å². The van der Waals surface area contributed by atoms with Gasteiger partial charge in [0, 0.05) is 5.97 Å². The largest absolute Gasteiger partial charge is 0.550 e. The molecular formula is C8H12N2O8. The van der Waals surface area contributed by atoms with E-state index in [9.17, 15) is 24.3 Å². The topological polar surface area (TPSA) is 159 Å². The number of carbonyl (C=O) groups is 4.